The number of benzene rings is 3. The van der Waals surface area contributed by atoms with Crippen LogP contribution in [-0.4, -0.2) is 36.0 Å². The van der Waals surface area contributed by atoms with E-state index in [1.807, 2.05) is 18.2 Å². The third kappa shape index (κ3) is 7.82. The summed E-state index contributed by atoms with van der Waals surface area (Å²) in [5, 5.41) is 9.69. The van der Waals surface area contributed by atoms with Crippen molar-refractivity contribution >= 4 is 11.6 Å². The van der Waals surface area contributed by atoms with E-state index in [1.165, 1.54) is 17.7 Å². The zero-order valence-corrected chi connectivity index (χ0v) is 23.9. The van der Waals surface area contributed by atoms with Crippen molar-refractivity contribution in [2.75, 3.05) is 26.2 Å². The summed E-state index contributed by atoms with van der Waals surface area (Å²) in [6.07, 6.45) is 0.683. The number of rotatable bonds is 8. The zero-order chi connectivity index (χ0) is 28.8. The molecule has 0 aromatic heterocycles. The predicted octanol–water partition coefficient (Wildman–Crippen LogP) is 7.86. The number of likely N-dealkylation sites (tertiary alicyclic amines) is 1. The Bertz CT molecular complexity index is 1380. The fraction of sp³-hybridized carbons (Fsp3) is 0.424. The molecule has 3 aromatic rings. The van der Waals surface area contributed by atoms with E-state index in [4.69, 9.17) is 21.6 Å². The van der Waals surface area contributed by atoms with Crippen molar-refractivity contribution in [3.8, 4) is 11.8 Å². The fourth-order valence-corrected chi connectivity index (χ4v) is 6.21. The van der Waals surface area contributed by atoms with Gasteiger partial charge < -0.3 is 4.74 Å². The summed E-state index contributed by atoms with van der Waals surface area (Å²) in [5.74, 6) is 1.43. The molecular weight excluding hydrogens is 547 g/mol. The average Bonchev–Trinajstić information content (AvgIpc) is 3.16. The first-order valence-corrected chi connectivity index (χ1v) is 14.7. The monoisotopic (exact) mass is 581 g/mol. The van der Waals surface area contributed by atoms with Crippen LogP contribution in [0.3, 0.4) is 0 Å². The van der Waals surface area contributed by atoms with Crippen LogP contribution >= 0.6 is 11.6 Å². The molecule has 0 N–H and O–H groups in total. The number of alkyl halides is 3. The van der Waals surface area contributed by atoms with Gasteiger partial charge in [-0.2, -0.15) is 18.4 Å². The smallest absolute Gasteiger partial charge is 0.416 e. The molecule has 2 aliphatic heterocycles. The number of piperidine rings is 1. The number of hydrogen-bond acceptors (Lipinski definition) is 4. The van der Waals surface area contributed by atoms with Gasteiger partial charge >= 0.3 is 6.18 Å². The lowest BCUT2D eigenvalue weighted by molar-refractivity contribution is -0.138. The van der Waals surface area contributed by atoms with E-state index < -0.39 is 11.7 Å². The van der Waals surface area contributed by atoms with Crippen LogP contribution in [0.25, 0.3) is 0 Å². The van der Waals surface area contributed by atoms with E-state index in [0.717, 1.165) is 75.2 Å². The van der Waals surface area contributed by atoms with Gasteiger partial charge in [-0.3, -0.25) is 9.80 Å². The molecule has 8 heteroatoms. The second kappa shape index (κ2) is 13.3. The van der Waals surface area contributed by atoms with Gasteiger partial charge in [0.15, 0.2) is 0 Å². The van der Waals surface area contributed by atoms with Gasteiger partial charge in [-0.25, -0.2) is 0 Å². The molecule has 41 heavy (non-hydrogen) atoms. The first kappa shape index (κ1) is 29.4. The molecule has 2 heterocycles. The number of halogens is 4. The quantitative estimate of drug-likeness (QED) is 0.271. The van der Waals surface area contributed by atoms with E-state index in [-0.39, 0.29) is 6.54 Å². The Kier molecular flexibility index (Phi) is 9.54. The Labute approximate surface area is 245 Å². The maximum absolute atomic E-state index is 13.5. The van der Waals surface area contributed by atoms with Gasteiger partial charge in [-0.1, -0.05) is 41.9 Å². The van der Waals surface area contributed by atoms with Gasteiger partial charge in [-0.15, -0.1) is 0 Å². The maximum atomic E-state index is 13.5. The minimum atomic E-state index is -4.35. The first-order chi connectivity index (χ1) is 19.8. The molecule has 1 saturated heterocycles. The molecule has 0 saturated carbocycles. The highest BCUT2D eigenvalue weighted by molar-refractivity contribution is 6.31. The van der Waals surface area contributed by atoms with Crippen molar-refractivity contribution in [1.82, 2.24) is 9.80 Å². The highest BCUT2D eigenvalue weighted by Crippen LogP contribution is 2.33. The number of hydrogen-bond donors (Lipinski definition) is 0. The van der Waals surface area contributed by atoms with Gasteiger partial charge in [0, 0.05) is 24.7 Å². The van der Waals surface area contributed by atoms with Crippen molar-refractivity contribution in [3.05, 3.63) is 99.1 Å². The highest BCUT2D eigenvalue weighted by Gasteiger charge is 2.33. The van der Waals surface area contributed by atoms with Gasteiger partial charge in [-0.05, 0) is 110 Å². The third-order valence-corrected chi connectivity index (χ3v) is 8.64. The fourth-order valence-electron chi connectivity index (χ4n) is 5.97. The summed E-state index contributed by atoms with van der Waals surface area (Å²) in [7, 11) is 0. The number of nitrogens with zero attached hydrogens (tertiary/aromatic N) is 3. The van der Waals surface area contributed by atoms with Crippen molar-refractivity contribution in [1.29, 1.82) is 5.26 Å². The van der Waals surface area contributed by atoms with Crippen LogP contribution in [0.4, 0.5) is 13.2 Å². The van der Waals surface area contributed by atoms with E-state index in [9.17, 15) is 13.2 Å². The third-order valence-electron chi connectivity index (χ3n) is 8.29. The Hall–Kier alpha value is -3.05. The summed E-state index contributed by atoms with van der Waals surface area (Å²) in [4.78, 5) is 4.52. The molecule has 5 rings (SSSR count). The second-order valence-corrected chi connectivity index (χ2v) is 11.6. The molecule has 1 fully saturated rings. The lowest BCUT2D eigenvalue weighted by Crippen LogP contribution is -2.33. The van der Waals surface area contributed by atoms with Crippen LogP contribution in [0.5, 0.6) is 5.75 Å². The number of aryl methyl sites for hydroxylation is 1. The standard InChI is InChI=1S/C33H35ClF3N3O/c34-32-18-25(20-38)7-8-28(32)22-39-15-11-24(12-16-39)13-17-41-30-10-9-26-5-3-14-40(23-29(26)19-30)21-27-4-1-2-6-31(27)33(35,36)37/h1-2,4,6-10,18-19,24H,3,5,11-17,21-23H2. The average molecular weight is 582 g/mol. The first-order valence-electron chi connectivity index (χ1n) is 14.3. The molecule has 0 unspecified atom stereocenters. The second-order valence-electron chi connectivity index (χ2n) is 11.2. The van der Waals surface area contributed by atoms with E-state index in [2.05, 4.69) is 28.0 Å². The lowest BCUT2D eigenvalue weighted by Gasteiger charge is -2.32. The van der Waals surface area contributed by atoms with Crippen LogP contribution in [0.1, 0.15) is 59.1 Å². The largest absolute Gasteiger partial charge is 0.494 e. The molecule has 0 amide bonds. The molecule has 216 valence electrons. The minimum Gasteiger partial charge on any atom is -0.494 e. The van der Waals surface area contributed by atoms with E-state index >= 15 is 0 Å². The Balaban J connectivity index is 1.11. The SMILES string of the molecule is N#Cc1ccc(CN2CCC(CCOc3ccc4c(c3)CN(Cc3ccccc3C(F)(F)F)CCC4)CC2)c(Cl)c1. The topological polar surface area (TPSA) is 39.5 Å². The van der Waals surface area contributed by atoms with Crippen molar-refractivity contribution in [3.63, 3.8) is 0 Å². The van der Waals surface area contributed by atoms with Gasteiger partial charge in [0.2, 0.25) is 0 Å². The summed E-state index contributed by atoms with van der Waals surface area (Å²) >= 11 is 6.37. The van der Waals surface area contributed by atoms with Gasteiger partial charge in [0.25, 0.3) is 0 Å². The Morgan fingerprint density at radius 3 is 2.44 bits per heavy atom. The van der Waals surface area contributed by atoms with Crippen molar-refractivity contribution < 1.29 is 17.9 Å². The molecule has 3 aromatic carbocycles. The molecule has 0 aliphatic carbocycles. The molecule has 4 nitrogen and oxygen atoms in total. The number of nitriles is 1. The Morgan fingerprint density at radius 1 is 0.902 bits per heavy atom. The lowest BCUT2D eigenvalue weighted by atomic mass is 9.93. The predicted molar refractivity (Wildman–Crippen MR) is 155 cm³/mol. The van der Waals surface area contributed by atoms with Crippen molar-refractivity contribution in [2.24, 2.45) is 5.92 Å². The number of fused-ring (bicyclic) bond motifs is 1. The van der Waals surface area contributed by atoms with Crippen LogP contribution in [0.2, 0.25) is 5.02 Å². The molecule has 2 aliphatic rings. The normalized spacial score (nSPS) is 17.0. The van der Waals surface area contributed by atoms with Crippen LogP contribution in [0, 0.1) is 17.2 Å². The molecule has 0 spiro atoms. The zero-order valence-electron chi connectivity index (χ0n) is 23.1. The van der Waals surface area contributed by atoms with Crippen LogP contribution in [-0.2, 0) is 32.2 Å². The molecule has 0 atom stereocenters. The summed E-state index contributed by atoms with van der Waals surface area (Å²) in [6, 6.07) is 19.7. The van der Waals surface area contributed by atoms with Gasteiger partial charge in [0.05, 0.1) is 23.8 Å². The summed E-state index contributed by atoms with van der Waals surface area (Å²) in [5.41, 5.74) is 3.79. The summed E-state index contributed by atoms with van der Waals surface area (Å²) < 4.78 is 46.7. The van der Waals surface area contributed by atoms with Crippen molar-refractivity contribution in [2.45, 2.75) is 57.9 Å². The Morgan fingerprint density at radius 2 is 1.68 bits per heavy atom. The minimum absolute atomic E-state index is 0.274. The van der Waals surface area contributed by atoms with Crippen LogP contribution in [0.15, 0.2) is 60.7 Å². The van der Waals surface area contributed by atoms with E-state index in [1.54, 1.807) is 18.2 Å². The summed E-state index contributed by atoms with van der Waals surface area (Å²) in [6.45, 7) is 5.10. The molecular formula is C33H35ClF3N3O. The van der Waals surface area contributed by atoms with E-state index in [0.29, 0.717) is 35.2 Å². The van der Waals surface area contributed by atoms with Gasteiger partial charge in [0.1, 0.15) is 5.75 Å². The number of ether oxygens (including phenoxy) is 1. The highest BCUT2D eigenvalue weighted by atomic mass is 35.5. The maximum Gasteiger partial charge on any atom is 0.416 e. The van der Waals surface area contributed by atoms with Crippen LogP contribution < -0.4 is 4.74 Å². The molecule has 0 bridgehead atoms. The molecule has 0 radical (unpaired) electrons.